The van der Waals surface area contributed by atoms with Crippen molar-refractivity contribution in [2.24, 2.45) is 0 Å². The number of hydrogen-bond acceptors (Lipinski definition) is 4. The van der Waals surface area contributed by atoms with Crippen LogP contribution >= 0.6 is 0 Å². The van der Waals surface area contributed by atoms with Crippen LogP contribution in [0.25, 0.3) is 21.5 Å². The molecule has 4 rings (SSSR count). The van der Waals surface area contributed by atoms with Crippen LogP contribution in [0.2, 0.25) is 0 Å². The summed E-state index contributed by atoms with van der Waals surface area (Å²) in [5.41, 5.74) is 0.854. The molecule has 0 spiro atoms. The number of carbonyl (C=O) groups is 4. The molecular formula is C28H22O4. The number of hydrogen-bond donors (Lipinski definition) is 0. The second-order valence-electron chi connectivity index (χ2n) is 7.75. The molecule has 0 aliphatic rings. The lowest BCUT2D eigenvalue weighted by Gasteiger charge is -2.18. The van der Waals surface area contributed by atoms with E-state index in [1.54, 1.807) is 31.2 Å². The van der Waals surface area contributed by atoms with Gasteiger partial charge >= 0.3 is 0 Å². The molecule has 0 aromatic heterocycles. The van der Waals surface area contributed by atoms with Gasteiger partial charge in [-0.2, -0.15) is 0 Å². The molecule has 0 N–H and O–H groups in total. The highest BCUT2D eigenvalue weighted by atomic mass is 16.2. The van der Waals surface area contributed by atoms with Crippen LogP contribution in [-0.2, 0) is 14.4 Å². The second-order valence-corrected chi connectivity index (χ2v) is 7.75. The van der Waals surface area contributed by atoms with Crippen LogP contribution in [-0.4, -0.2) is 23.1 Å². The number of benzene rings is 4. The van der Waals surface area contributed by atoms with Crippen molar-refractivity contribution in [1.29, 1.82) is 0 Å². The van der Waals surface area contributed by atoms with Gasteiger partial charge in [-0.1, -0.05) is 91.9 Å². The maximum absolute atomic E-state index is 13.8. The minimum Gasteiger partial charge on any atom is -0.299 e. The molecule has 0 saturated carbocycles. The zero-order valence-corrected chi connectivity index (χ0v) is 17.7. The third kappa shape index (κ3) is 4.00. The van der Waals surface area contributed by atoms with Gasteiger partial charge in [0.1, 0.15) is 11.7 Å². The third-order valence-electron chi connectivity index (χ3n) is 5.74. The summed E-state index contributed by atoms with van der Waals surface area (Å²) in [6, 6.07) is 25.6. The van der Waals surface area contributed by atoms with Crippen LogP contribution < -0.4 is 0 Å². The highest BCUT2D eigenvalue weighted by Gasteiger charge is 2.35. The zero-order chi connectivity index (χ0) is 22.7. The quantitative estimate of drug-likeness (QED) is 0.215. The highest BCUT2D eigenvalue weighted by molar-refractivity contribution is 6.47. The van der Waals surface area contributed by atoms with Gasteiger partial charge in [0.25, 0.3) is 0 Å². The summed E-state index contributed by atoms with van der Waals surface area (Å²) < 4.78 is 0. The SMILES string of the molecule is CCC(=O)CC(=O)C(=O)C(C(=O)c1cccc2ccccc12)c1cccc2ccccc12. The molecule has 0 amide bonds. The lowest BCUT2D eigenvalue weighted by molar-refractivity contribution is -0.139. The summed E-state index contributed by atoms with van der Waals surface area (Å²) in [5, 5.41) is 3.19. The van der Waals surface area contributed by atoms with Crippen molar-refractivity contribution >= 4 is 44.7 Å². The Morgan fingerprint density at radius 2 is 1.25 bits per heavy atom. The Kier molecular flexibility index (Phi) is 6.04. The summed E-state index contributed by atoms with van der Waals surface area (Å²) in [6.07, 6.45) is -0.325. The fourth-order valence-corrected chi connectivity index (χ4v) is 4.05. The van der Waals surface area contributed by atoms with Gasteiger partial charge in [0.15, 0.2) is 5.78 Å². The van der Waals surface area contributed by atoms with E-state index in [-0.39, 0.29) is 12.2 Å². The van der Waals surface area contributed by atoms with Crippen LogP contribution in [0.3, 0.4) is 0 Å². The van der Waals surface area contributed by atoms with Crippen LogP contribution in [0.15, 0.2) is 84.9 Å². The summed E-state index contributed by atoms with van der Waals surface area (Å²) >= 11 is 0. The maximum atomic E-state index is 13.8. The standard InChI is InChI=1S/C28H22O4/c1-2-20(29)17-25(30)28(32)26(23-15-7-11-18-9-3-5-13-21(18)23)27(31)24-16-8-12-19-10-4-6-14-22(19)24/h3-16,26H,2,17H2,1H3. The predicted molar refractivity (Wildman–Crippen MR) is 125 cm³/mol. The van der Waals surface area contributed by atoms with Crippen molar-refractivity contribution < 1.29 is 19.2 Å². The first-order valence-corrected chi connectivity index (χ1v) is 10.6. The van der Waals surface area contributed by atoms with Gasteiger partial charge in [0.2, 0.25) is 11.6 Å². The van der Waals surface area contributed by atoms with E-state index >= 15 is 0 Å². The summed E-state index contributed by atoms with van der Waals surface area (Å²) in [4.78, 5) is 51.8. The number of carbonyl (C=O) groups excluding carboxylic acids is 4. The Morgan fingerprint density at radius 3 is 1.94 bits per heavy atom. The molecule has 4 heteroatoms. The molecule has 4 aromatic rings. The molecule has 32 heavy (non-hydrogen) atoms. The summed E-state index contributed by atoms with van der Waals surface area (Å²) in [5.74, 6) is -3.76. The molecule has 0 bridgehead atoms. The normalized spacial score (nSPS) is 11.9. The fraction of sp³-hybridized carbons (Fsp3) is 0.143. The van der Waals surface area contributed by atoms with E-state index in [0.717, 1.165) is 21.5 Å². The predicted octanol–water partition coefficient (Wildman–Crippen LogP) is 5.47. The van der Waals surface area contributed by atoms with Gasteiger partial charge in [0.05, 0.1) is 6.42 Å². The van der Waals surface area contributed by atoms with E-state index in [9.17, 15) is 19.2 Å². The molecule has 4 aromatic carbocycles. The molecule has 0 aliphatic carbocycles. The van der Waals surface area contributed by atoms with Gasteiger partial charge in [-0.15, -0.1) is 0 Å². The van der Waals surface area contributed by atoms with Crippen molar-refractivity contribution in [2.45, 2.75) is 25.7 Å². The van der Waals surface area contributed by atoms with Crippen molar-refractivity contribution in [1.82, 2.24) is 0 Å². The molecule has 4 nitrogen and oxygen atoms in total. The van der Waals surface area contributed by atoms with E-state index < -0.39 is 29.7 Å². The first-order chi connectivity index (χ1) is 15.5. The minimum absolute atomic E-state index is 0.162. The lowest BCUT2D eigenvalue weighted by Crippen LogP contribution is -2.30. The molecule has 0 fully saturated rings. The van der Waals surface area contributed by atoms with Gasteiger partial charge in [-0.05, 0) is 27.1 Å². The Balaban J connectivity index is 1.89. The number of Topliss-reactive ketones (excluding diaryl/α,β-unsaturated/α-hetero) is 4. The molecular weight excluding hydrogens is 400 g/mol. The summed E-state index contributed by atoms with van der Waals surface area (Å²) in [7, 11) is 0. The Morgan fingerprint density at radius 1 is 0.688 bits per heavy atom. The molecule has 0 heterocycles. The van der Waals surface area contributed by atoms with E-state index in [2.05, 4.69) is 0 Å². The fourth-order valence-electron chi connectivity index (χ4n) is 4.05. The Bertz CT molecular complexity index is 1360. The van der Waals surface area contributed by atoms with Crippen molar-refractivity contribution in [2.75, 3.05) is 0 Å². The molecule has 1 atom stereocenters. The van der Waals surface area contributed by atoms with Gasteiger partial charge in [-0.3, -0.25) is 19.2 Å². The zero-order valence-electron chi connectivity index (χ0n) is 17.7. The average molecular weight is 422 g/mol. The monoisotopic (exact) mass is 422 g/mol. The Labute approximate surface area is 185 Å². The largest absolute Gasteiger partial charge is 0.299 e. The van der Waals surface area contributed by atoms with Gasteiger partial charge < -0.3 is 0 Å². The van der Waals surface area contributed by atoms with Crippen molar-refractivity contribution in [3.63, 3.8) is 0 Å². The van der Waals surface area contributed by atoms with E-state index in [1.807, 2.05) is 60.7 Å². The molecule has 0 radical (unpaired) electrons. The van der Waals surface area contributed by atoms with Gasteiger partial charge in [-0.25, -0.2) is 0 Å². The molecule has 1 unspecified atom stereocenters. The first kappa shape index (κ1) is 21.3. The molecule has 0 saturated heterocycles. The molecule has 158 valence electrons. The van der Waals surface area contributed by atoms with Crippen molar-refractivity contribution in [3.8, 4) is 0 Å². The van der Waals surface area contributed by atoms with E-state index in [4.69, 9.17) is 0 Å². The van der Waals surface area contributed by atoms with Gasteiger partial charge in [0, 0.05) is 12.0 Å². The highest BCUT2D eigenvalue weighted by Crippen LogP contribution is 2.32. The number of ketones is 4. The smallest absolute Gasteiger partial charge is 0.214 e. The summed E-state index contributed by atoms with van der Waals surface area (Å²) in [6.45, 7) is 1.64. The van der Waals surface area contributed by atoms with E-state index in [0.29, 0.717) is 11.1 Å². The van der Waals surface area contributed by atoms with E-state index in [1.165, 1.54) is 0 Å². The average Bonchev–Trinajstić information content (AvgIpc) is 2.83. The number of fused-ring (bicyclic) bond motifs is 2. The van der Waals surface area contributed by atoms with Crippen LogP contribution in [0, 0.1) is 0 Å². The van der Waals surface area contributed by atoms with Crippen LogP contribution in [0.5, 0.6) is 0 Å². The maximum Gasteiger partial charge on any atom is 0.214 e. The third-order valence-corrected chi connectivity index (χ3v) is 5.74. The topological polar surface area (TPSA) is 68.3 Å². The van der Waals surface area contributed by atoms with Crippen molar-refractivity contribution in [3.05, 3.63) is 96.1 Å². The minimum atomic E-state index is -1.32. The first-order valence-electron chi connectivity index (χ1n) is 10.6. The Hall–Kier alpha value is -3.92. The number of rotatable bonds is 8. The van der Waals surface area contributed by atoms with Crippen LogP contribution in [0.1, 0.15) is 41.6 Å². The van der Waals surface area contributed by atoms with Crippen LogP contribution in [0.4, 0.5) is 0 Å². The lowest BCUT2D eigenvalue weighted by atomic mass is 9.81. The molecule has 0 aliphatic heterocycles. The second kappa shape index (κ2) is 9.06.